The average Bonchev–Trinajstić information content (AvgIpc) is 1.99. The van der Waals surface area contributed by atoms with E-state index in [4.69, 9.17) is 16.6 Å². The fourth-order valence-electron chi connectivity index (χ4n) is 0.613. The quantitative estimate of drug-likeness (QED) is 0.425. The number of rotatable bonds is 5. The van der Waals surface area contributed by atoms with Crippen molar-refractivity contribution in [2.75, 3.05) is 6.54 Å². The van der Waals surface area contributed by atoms with Crippen LogP contribution in [-0.4, -0.2) is 28.9 Å². The van der Waals surface area contributed by atoms with E-state index in [0.29, 0.717) is 19.4 Å². The van der Waals surface area contributed by atoms with Gasteiger partial charge in [-0.25, -0.2) is 0 Å². The molecule has 0 aromatic rings. The highest BCUT2D eigenvalue weighted by molar-refractivity contribution is 7.81. The van der Waals surface area contributed by atoms with Crippen LogP contribution in [0.4, 0.5) is 0 Å². The van der Waals surface area contributed by atoms with E-state index in [-0.39, 0.29) is 5.25 Å². The Balaban J connectivity index is 3.45. The van der Waals surface area contributed by atoms with Crippen LogP contribution < -0.4 is 11.5 Å². The number of thiol groups is 1. The van der Waals surface area contributed by atoms with E-state index < -0.39 is 12.0 Å². The minimum absolute atomic E-state index is 0.0559. The highest BCUT2D eigenvalue weighted by atomic mass is 32.1. The average molecular weight is 178 g/mol. The van der Waals surface area contributed by atoms with Crippen molar-refractivity contribution in [2.45, 2.75) is 24.1 Å². The van der Waals surface area contributed by atoms with Crippen LogP contribution >= 0.6 is 12.6 Å². The van der Waals surface area contributed by atoms with E-state index in [1.54, 1.807) is 0 Å². The zero-order valence-electron chi connectivity index (χ0n) is 6.23. The molecule has 0 bridgehead atoms. The molecule has 0 fully saturated rings. The summed E-state index contributed by atoms with van der Waals surface area (Å²) in [6.07, 6.45) is 1.08. The monoisotopic (exact) mass is 178 g/mol. The van der Waals surface area contributed by atoms with E-state index in [2.05, 4.69) is 12.6 Å². The van der Waals surface area contributed by atoms with Gasteiger partial charge in [0.2, 0.25) is 0 Å². The summed E-state index contributed by atoms with van der Waals surface area (Å²) < 4.78 is 0. The third-order valence-corrected chi connectivity index (χ3v) is 1.87. The summed E-state index contributed by atoms with van der Waals surface area (Å²) in [5, 5.41) is 8.44. The lowest BCUT2D eigenvalue weighted by Crippen LogP contribution is -2.31. The van der Waals surface area contributed by atoms with Crippen molar-refractivity contribution in [1.29, 1.82) is 0 Å². The standard InChI is InChI=1S/C6H14N2O2S/c7-3-4(11)1-2-5(8)6(9)10/h4-5,11H,1-3,7-8H2,(H,9,10)/t4?,5-/m0/s1. The molecule has 0 aliphatic heterocycles. The van der Waals surface area contributed by atoms with Gasteiger partial charge in [-0.2, -0.15) is 12.6 Å². The maximum atomic E-state index is 10.2. The number of aliphatic carboxylic acids is 1. The Morgan fingerprint density at radius 3 is 2.45 bits per heavy atom. The molecule has 1 unspecified atom stereocenters. The highest BCUT2D eigenvalue weighted by Gasteiger charge is 2.12. The van der Waals surface area contributed by atoms with Crippen LogP contribution in [-0.2, 0) is 4.79 Å². The third kappa shape index (κ3) is 5.06. The van der Waals surface area contributed by atoms with Crippen molar-refractivity contribution < 1.29 is 9.90 Å². The molecule has 4 nitrogen and oxygen atoms in total. The Morgan fingerprint density at radius 1 is 1.55 bits per heavy atom. The van der Waals surface area contributed by atoms with Gasteiger partial charge in [0.1, 0.15) is 6.04 Å². The van der Waals surface area contributed by atoms with Gasteiger partial charge in [0, 0.05) is 11.8 Å². The van der Waals surface area contributed by atoms with Crippen molar-refractivity contribution in [1.82, 2.24) is 0 Å². The molecule has 0 aliphatic rings. The van der Waals surface area contributed by atoms with Gasteiger partial charge in [-0.1, -0.05) is 0 Å². The van der Waals surface area contributed by atoms with Crippen molar-refractivity contribution in [3.63, 3.8) is 0 Å². The second-order valence-electron chi connectivity index (χ2n) is 2.41. The Morgan fingerprint density at radius 2 is 2.09 bits per heavy atom. The summed E-state index contributed by atoms with van der Waals surface area (Å²) in [6.45, 7) is 0.454. The first-order valence-corrected chi connectivity index (χ1v) is 3.96. The van der Waals surface area contributed by atoms with Gasteiger partial charge in [0.05, 0.1) is 0 Å². The first-order valence-electron chi connectivity index (χ1n) is 3.44. The largest absolute Gasteiger partial charge is 0.480 e. The predicted octanol–water partition coefficient (Wildman–Crippen LogP) is -0.564. The van der Waals surface area contributed by atoms with E-state index in [1.807, 2.05) is 0 Å². The molecular weight excluding hydrogens is 164 g/mol. The molecule has 0 aliphatic carbocycles. The summed E-state index contributed by atoms with van der Waals surface area (Å²) in [7, 11) is 0. The van der Waals surface area contributed by atoms with Crippen LogP contribution in [0.15, 0.2) is 0 Å². The Hall–Kier alpha value is -0.260. The smallest absolute Gasteiger partial charge is 0.320 e. The number of hydrogen-bond donors (Lipinski definition) is 4. The van der Waals surface area contributed by atoms with Crippen LogP contribution in [0.3, 0.4) is 0 Å². The molecule has 0 saturated heterocycles. The molecule has 0 saturated carbocycles. The molecule has 0 amide bonds. The fraction of sp³-hybridized carbons (Fsp3) is 0.833. The molecule has 0 rings (SSSR count). The van der Waals surface area contributed by atoms with E-state index >= 15 is 0 Å². The minimum atomic E-state index is -0.970. The SMILES string of the molecule is NCC(S)CC[C@H](N)C(=O)O. The third-order valence-electron chi connectivity index (χ3n) is 1.40. The number of carboxylic acid groups (broad SMARTS) is 1. The molecule has 5 N–H and O–H groups in total. The Labute approximate surface area is 71.4 Å². The summed E-state index contributed by atoms with van der Waals surface area (Å²) >= 11 is 4.10. The van der Waals surface area contributed by atoms with Gasteiger partial charge >= 0.3 is 5.97 Å². The van der Waals surface area contributed by atoms with Gasteiger partial charge in [0.15, 0.2) is 0 Å². The number of carboxylic acids is 1. The molecule has 66 valence electrons. The van der Waals surface area contributed by atoms with Crippen molar-refractivity contribution in [2.24, 2.45) is 11.5 Å². The van der Waals surface area contributed by atoms with Gasteiger partial charge in [-0.05, 0) is 12.8 Å². The highest BCUT2D eigenvalue weighted by Crippen LogP contribution is 2.04. The fourth-order valence-corrected chi connectivity index (χ4v) is 0.762. The summed E-state index contributed by atoms with van der Waals surface area (Å²) in [5.74, 6) is -0.970. The maximum Gasteiger partial charge on any atom is 0.320 e. The van der Waals surface area contributed by atoms with Crippen LogP contribution in [0.1, 0.15) is 12.8 Å². The first-order chi connectivity index (χ1) is 5.07. The van der Waals surface area contributed by atoms with Gasteiger partial charge in [-0.3, -0.25) is 4.79 Å². The lowest BCUT2D eigenvalue weighted by molar-refractivity contribution is -0.138. The van der Waals surface area contributed by atoms with Crippen molar-refractivity contribution in [3.8, 4) is 0 Å². The normalized spacial score (nSPS) is 15.9. The first kappa shape index (κ1) is 10.7. The lowest BCUT2D eigenvalue weighted by Gasteiger charge is -2.09. The van der Waals surface area contributed by atoms with Crippen LogP contribution in [0, 0.1) is 0 Å². The molecule has 11 heavy (non-hydrogen) atoms. The molecule has 0 aromatic carbocycles. The summed E-state index contributed by atoms with van der Waals surface area (Å²) in [5.41, 5.74) is 10.5. The lowest BCUT2D eigenvalue weighted by atomic mass is 10.1. The van der Waals surface area contributed by atoms with E-state index in [0.717, 1.165) is 0 Å². The molecular formula is C6H14N2O2S. The van der Waals surface area contributed by atoms with Crippen molar-refractivity contribution in [3.05, 3.63) is 0 Å². The predicted molar refractivity (Wildman–Crippen MR) is 46.7 cm³/mol. The topological polar surface area (TPSA) is 89.3 Å². The molecule has 0 heterocycles. The second-order valence-corrected chi connectivity index (χ2v) is 3.14. The molecule has 0 radical (unpaired) electrons. The number of nitrogens with two attached hydrogens (primary N) is 2. The van der Waals surface area contributed by atoms with Crippen LogP contribution in [0.2, 0.25) is 0 Å². The minimum Gasteiger partial charge on any atom is -0.480 e. The summed E-state index contributed by atoms with van der Waals surface area (Å²) in [4.78, 5) is 10.2. The Kier molecular flexibility index (Phi) is 5.27. The van der Waals surface area contributed by atoms with Crippen molar-refractivity contribution >= 4 is 18.6 Å². The second kappa shape index (κ2) is 5.40. The number of carbonyl (C=O) groups is 1. The zero-order valence-corrected chi connectivity index (χ0v) is 7.13. The molecule has 2 atom stereocenters. The van der Waals surface area contributed by atoms with Crippen LogP contribution in [0.25, 0.3) is 0 Å². The molecule has 5 heteroatoms. The van der Waals surface area contributed by atoms with E-state index in [1.165, 1.54) is 0 Å². The maximum absolute atomic E-state index is 10.2. The molecule has 0 spiro atoms. The van der Waals surface area contributed by atoms with Gasteiger partial charge < -0.3 is 16.6 Å². The summed E-state index contributed by atoms with van der Waals surface area (Å²) in [6, 6.07) is -0.781. The Bertz CT molecular complexity index is 132. The van der Waals surface area contributed by atoms with Gasteiger partial charge in [0.25, 0.3) is 0 Å². The van der Waals surface area contributed by atoms with Crippen LogP contribution in [0.5, 0.6) is 0 Å². The zero-order chi connectivity index (χ0) is 8.85. The van der Waals surface area contributed by atoms with E-state index in [9.17, 15) is 4.79 Å². The number of hydrogen-bond acceptors (Lipinski definition) is 4. The van der Waals surface area contributed by atoms with Gasteiger partial charge in [-0.15, -0.1) is 0 Å². The molecule has 0 aromatic heterocycles.